The van der Waals surface area contributed by atoms with Crippen molar-refractivity contribution in [3.63, 3.8) is 0 Å². The molecule has 0 aliphatic carbocycles. The fourth-order valence-electron chi connectivity index (χ4n) is 6.40. The maximum absolute atomic E-state index is 14.0. The van der Waals surface area contributed by atoms with Gasteiger partial charge in [0.05, 0.1) is 35.9 Å². The van der Waals surface area contributed by atoms with Gasteiger partial charge >= 0.3 is 0 Å². The number of nitrogens with one attached hydrogen (secondary N) is 1. The van der Waals surface area contributed by atoms with Gasteiger partial charge in [-0.2, -0.15) is 5.10 Å². The van der Waals surface area contributed by atoms with Gasteiger partial charge in [0.25, 0.3) is 0 Å². The number of aromatic nitrogens is 4. The molecule has 0 radical (unpaired) electrons. The Labute approximate surface area is 257 Å². The van der Waals surface area contributed by atoms with Crippen molar-refractivity contribution in [3.05, 3.63) is 94.4 Å². The molecule has 1 unspecified atom stereocenters. The van der Waals surface area contributed by atoms with Crippen molar-refractivity contribution in [3.8, 4) is 17.3 Å². The number of nitrogens with zero attached hydrogens (tertiary/aromatic N) is 4. The van der Waals surface area contributed by atoms with Gasteiger partial charge in [0, 0.05) is 48.8 Å². The summed E-state index contributed by atoms with van der Waals surface area (Å²) in [7, 11) is 0. The van der Waals surface area contributed by atoms with Gasteiger partial charge in [0.1, 0.15) is 5.82 Å². The predicted molar refractivity (Wildman–Crippen MR) is 163 cm³/mol. The molecule has 45 heavy (non-hydrogen) atoms. The van der Waals surface area contributed by atoms with Gasteiger partial charge in [-0.05, 0) is 73.2 Å². The summed E-state index contributed by atoms with van der Waals surface area (Å²) in [6, 6.07) is 11.4. The Morgan fingerprint density at radius 1 is 1.13 bits per heavy atom. The molecule has 10 nitrogen and oxygen atoms in total. The fourth-order valence-corrected chi connectivity index (χ4v) is 6.40. The van der Waals surface area contributed by atoms with Crippen molar-refractivity contribution in [1.82, 2.24) is 24.6 Å². The minimum Gasteiger partial charge on any atom is -0.433 e. The number of carbonyl (C=O) groups excluding carboxylic acids is 1. The molecule has 0 spiro atoms. The number of ether oxygens (including phenoxy) is 2. The Balaban J connectivity index is 1.13. The lowest BCUT2D eigenvalue weighted by Gasteiger charge is -2.42. The average Bonchev–Trinajstić information content (AvgIpc) is 3.64. The highest BCUT2D eigenvalue weighted by atomic mass is 19.1. The largest absolute Gasteiger partial charge is 0.433 e. The standard InChI is InChI=1S/C33H32F2N6O4/c1-18-9-30(45-32-25(34)3-2-4-26(32)35)37-15-29(18)41-33(36)24(14-38-41)31(43)28-13-20-10-21-16-40(22-5-7-44-8-6-22)23(17-42)11-19(21)12-27(20)39-28/h2-4,9-10,12-15,22-23,39,42H,5-8,11,16-17,36H2,1H3. The van der Waals surface area contributed by atoms with E-state index in [0.717, 1.165) is 67.6 Å². The van der Waals surface area contributed by atoms with Crippen molar-refractivity contribution < 1.29 is 28.2 Å². The van der Waals surface area contributed by atoms with E-state index in [1.807, 2.05) is 6.07 Å². The smallest absolute Gasteiger partial charge is 0.219 e. The number of aryl methyl sites for hydroxylation is 1. The van der Waals surface area contributed by atoms with E-state index in [2.05, 4.69) is 32.1 Å². The molecular weight excluding hydrogens is 582 g/mol. The molecule has 0 saturated carbocycles. The van der Waals surface area contributed by atoms with Crippen molar-refractivity contribution in [1.29, 1.82) is 0 Å². The van der Waals surface area contributed by atoms with Crippen LogP contribution < -0.4 is 10.5 Å². The second kappa shape index (κ2) is 11.7. The van der Waals surface area contributed by atoms with Crippen LogP contribution in [0.25, 0.3) is 16.6 Å². The molecule has 232 valence electrons. The van der Waals surface area contributed by atoms with Crippen LogP contribution >= 0.6 is 0 Å². The van der Waals surface area contributed by atoms with E-state index in [0.29, 0.717) is 23.0 Å². The number of carbonyl (C=O) groups is 1. The number of rotatable bonds is 7. The quantitative estimate of drug-likeness (QED) is 0.222. The molecule has 1 fully saturated rings. The zero-order chi connectivity index (χ0) is 31.2. The van der Waals surface area contributed by atoms with Gasteiger partial charge in [-0.15, -0.1) is 0 Å². The summed E-state index contributed by atoms with van der Waals surface area (Å²) < 4.78 is 40.4. The summed E-state index contributed by atoms with van der Waals surface area (Å²) in [6.07, 6.45) is 5.45. The van der Waals surface area contributed by atoms with E-state index in [9.17, 15) is 18.7 Å². The lowest BCUT2D eigenvalue weighted by atomic mass is 9.90. The number of aromatic amines is 1. The SMILES string of the molecule is Cc1cc(Oc2c(F)cccc2F)ncc1-n1ncc(C(=O)c2cc3cc4c(cc3[nH]2)CC(CO)N(C2CCOCC2)C4)c1N. The van der Waals surface area contributed by atoms with Crippen LogP contribution in [0.1, 0.15) is 45.6 Å². The van der Waals surface area contributed by atoms with Crippen molar-refractivity contribution in [2.75, 3.05) is 25.6 Å². The van der Waals surface area contributed by atoms with Gasteiger partial charge in [-0.1, -0.05) is 6.07 Å². The zero-order valence-electron chi connectivity index (χ0n) is 24.6. The van der Waals surface area contributed by atoms with Crippen LogP contribution in [0, 0.1) is 18.6 Å². The first-order chi connectivity index (χ1) is 21.8. The van der Waals surface area contributed by atoms with Crippen LogP contribution in [0.5, 0.6) is 11.6 Å². The molecule has 0 amide bonds. The third-order valence-electron chi connectivity index (χ3n) is 8.80. The van der Waals surface area contributed by atoms with E-state index in [1.54, 1.807) is 6.92 Å². The van der Waals surface area contributed by atoms with Gasteiger partial charge in [-0.25, -0.2) is 18.4 Å². The lowest BCUT2D eigenvalue weighted by molar-refractivity contribution is -0.00437. The number of hydrogen-bond acceptors (Lipinski definition) is 8. The van der Waals surface area contributed by atoms with E-state index in [4.69, 9.17) is 15.2 Å². The highest BCUT2D eigenvalue weighted by molar-refractivity contribution is 6.12. The molecular formula is C33H32F2N6O4. The number of para-hydroxylation sites is 1. The Hall–Kier alpha value is -4.65. The fraction of sp³-hybridized carbons (Fsp3) is 0.303. The van der Waals surface area contributed by atoms with Gasteiger partial charge in [0.15, 0.2) is 11.6 Å². The first-order valence-electron chi connectivity index (χ1n) is 14.9. The van der Waals surface area contributed by atoms with Crippen molar-refractivity contribution >= 4 is 22.5 Å². The molecule has 1 saturated heterocycles. The van der Waals surface area contributed by atoms with Crippen LogP contribution in [0.4, 0.5) is 14.6 Å². The summed E-state index contributed by atoms with van der Waals surface area (Å²) in [5, 5.41) is 15.4. The van der Waals surface area contributed by atoms with E-state index in [-0.39, 0.29) is 35.7 Å². The lowest BCUT2D eigenvalue weighted by Crippen LogP contribution is -2.50. The van der Waals surface area contributed by atoms with Crippen LogP contribution in [0.15, 0.2) is 54.9 Å². The number of anilines is 1. The number of ketones is 1. The summed E-state index contributed by atoms with van der Waals surface area (Å²) in [4.78, 5) is 23.5. The zero-order valence-corrected chi connectivity index (χ0v) is 24.6. The third kappa shape index (κ3) is 5.34. The van der Waals surface area contributed by atoms with E-state index < -0.39 is 17.4 Å². The van der Waals surface area contributed by atoms with E-state index >= 15 is 0 Å². The van der Waals surface area contributed by atoms with Crippen LogP contribution in [0.2, 0.25) is 0 Å². The molecule has 2 aromatic carbocycles. The molecule has 12 heteroatoms. The maximum atomic E-state index is 14.0. The van der Waals surface area contributed by atoms with Gasteiger partial charge in [-0.3, -0.25) is 9.69 Å². The predicted octanol–water partition coefficient (Wildman–Crippen LogP) is 4.84. The number of halogens is 2. The Kier molecular flexibility index (Phi) is 7.56. The molecule has 2 aliphatic heterocycles. The maximum Gasteiger partial charge on any atom is 0.219 e. The second-order valence-corrected chi connectivity index (χ2v) is 11.6. The number of aliphatic hydroxyl groups excluding tert-OH is 1. The van der Waals surface area contributed by atoms with Gasteiger partial charge < -0.3 is 25.3 Å². The van der Waals surface area contributed by atoms with Crippen molar-refractivity contribution in [2.45, 2.75) is 44.8 Å². The molecule has 0 bridgehead atoms. The monoisotopic (exact) mass is 614 g/mol. The van der Waals surface area contributed by atoms with Crippen LogP contribution in [0.3, 0.4) is 0 Å². The molecule has 1 atom stereocenters. The third-order valence-corrected chi connectivity index (χ3v) is 8.80. The molecule has 4 N–H and O–H groups in total. The van der Waals surface area contributed by atoms with Crippen molar-refractivity contribution in [2.24, 2.45) is 0 Å². The second-order valence-electron chi connectivity index (χ2n) is 11.6. The highest BCUT2D eigenvalue weighted by Gasteiger charge is 2.32. The van der Waals surface area contributed by atoms with Crippen LogP contribution in [-0.4, -0.2) is 67.4 Å². The number of nitrogens with two attached hydrogens (primary N) is 1. The number of benzene rings is 2. The Bertz CT molecular complexity index is 1890. The average molecular weight is 615 g/mol. The summed E-state index contributed by atoms with van der Waals surface area (Å²) in [5.41, 5.74) is 11.3. The molecule has 7 rings (SSSR count). The number of hydrogen-bond donors (Lipinski definition) is 3. The minimum atomic E-state index is -0.846. The Morgan fingerprint density at radius 3 is 2.64 bits per heavy atom. The van der Waals surface area contributed by atoms with E-state index in [1.165, 1.54) is 34.8 Å². The molecule has 2 aliphatic rings. The number of H-pyrrole nitrogens is 1. The number of fused-ring (bicyclic) bond motifs is 2. The molecule has 5 heterocycles. The number of nitrogen functional groups attached to an aromatic ring is 1. The highest BCUT2D eigenvalue weighted by Crippen LogP contribution is 2.33. The summed E-state index contributed by atoms with van der Waals surface area (Å²) in [5.74, 6) is -2.44. The first-order valence-corrected chi connectivity index (χ1v) is 14.9. The number of aliphatic hydroxyl groups is 1. The Morgan fingerprint density at radius 2 is 1.91 bits per heavy atom. The summed E-state index contributed by atoms with van der Waals surface area (Å²) >= 11 is 0. The van der Waals surface area contributed by atoms with Crippen LogP contribution in [-0.2, 0) is 17.7 Å². The molecule has 5 aromatic rings. The topological polar surface area (TPSA) is 132 Å². The first kappa shape index (κ1) is 29.1. The number of pyridine rings is 1. The normalized spacial score (nSPS) is 17.5. The summed E-state index contributed by atoms with van der Waals surface area (Å²) in [6.45, 7) is 4.04. The minimum absolute atomic E-state index is 0.00997. The molecule has 3 aromatic heterocycles. The van der Waals surface area contributed by atoms with Gasteiger partial charge in [0.2, 0.25) is 17.4 Å².